The van der Waals surface area contributed by atoms with Gasteiger partial charge in [0, 0.05) is 8.95 Å². The lowest BCUT2D eigenvalue weighted by atomic mass is 10.4. The van der Waals surface area contributed by atoms with Gasteiger partial charge in [-0.15, -0.1) is 0 Å². The molecule has 1 aliphatic heterocycles. The quantitative estimate of drug-likeness (QED) is 0.574. The molecule has 0 atom stereocenters. The number of nitrogens with zero attached hydrogens (tertiary/aromatic N) is 2. The average molecular weight is 552 g/mol. The van der Waals surface area contributed by atoms with Crippen LogP contribution in [0, 0.1) is 0 Å². The zero-order valence-corrected chi connectivity index (χ0v) is 18.8. The number of carbonyl (C=O) groups excluding carboxylic acids is 2. The fourth-order valence-corrected chi connectivity index (χ4v) is 5.70. The van der Waals surface area contributed by atoms with Gasteiger partial charge in [0.25, 0.3) is 31.9 Å². The number of rotatable bonds is 4. The molecule has 0 N–H and O–H groups in total. The Morgan fingerprint density at radius 1 is 0.607 bits per heavy atom. The Bertz CT molecular complexity index is 1050. The summed E-state index contributed by atoms with van der Waals surface area (Å²) in [6, 6.07) is 11.0. The van der Waals surface area contributed by atoms with E-state index in [0.29, 0.717) is 17.6 Å². The number of hydrogen-bond acceptors (Lipinski definition) is 6. The third kappa shape index (κ3) is 3.86. The molecule has 1 heterocycles. The van der Waals surface area contributed by atoms with Gasteiger partial charge in [-0.1, -0.05) is 31.9 Å². The van der Waals surface area contributed by atoms with Crippen LogP contribution in [-0.2, 0) is 29.6 Å². The average Bonchev–Trinajstić information content (AvgIpc) is 2.63. The molecule has 0 aliphatic carbocycles. The first-order valence-electron chi connectivity index (χ1n) is 7.66. The molecule has 1 saturated heterocycles. The Morgan fingerprint density at radius 2 is 0.893 bits per heavy atom. The molecule has 0 bridgehead atoms. The van der Waals surface area contributed by atoms with Crippen LogP contribution in [0.25, 0.3) is 0 Å². The van der Waals surface area contributed by atoms with E-state index in [2.05, 4.69) is 31.9 Å². The van der Waals surface area contributed by atoms with E-state index in [0.717, 1.165) is 0 Å². The van der Waals surface area contributed by atoms with Crippen molar-refractivity contribution in [2.75, 3.05) is 13.1 Å². The molecule has 0 radical (unpaired) electrons. The largest absolute Gasteiger partial charge is 0.272 e. The van der Waals surface area contributed by atoms with Crippen LogP contribution in [0.15, 0.2) is 67.3 Å². The Balaban J connectivity index is 1.90. The molecular weight excluding hydrogens is 540 g/mol. The molecule has 0 spiro atoms. The van der Waals surface area contributed by atoms with E-state index >= 15 is 0 Å². The predicted octanol–water partition coefficient (Wildman–Crippen LogP) is 1.96. The van der Waals surface area contributed by atoms with Crippen molar-refractivity contribution in [3.05, 3.63) is 57.5 Å². The monoisotopic (exact) mass is 550 g/mol. The van der Waals surface area contributed by atoms with Gasteiger partial charge in [0.05, 0.1) is 9.79 Å². The Hall–Kier alpha value is -1.76. The van der Waals surface area contributed by atoms with Gasteiger partial charge in [0.15, 0.2) is 0 Å². The molecular formula is C16H12Br2N2O6S2. The summed E-state index contributed by atoms with van der Waals surface area (Å²) in [6.07, 6.45) is 0. The van der Waals surface area contributed by atoms with E-state index in [1.54, 1.807) is 0 Å². The molecule has 2 amide bonds. The highest BCUT2D eigenvalue weighted by molar-refractivity contribution is 9.10. The first kappa shape index (κ1) is 21.0. The van der Waals surface area contributed by atoms with Crippen LogP contribution >= 0.6 is 31.9 Å². The Labute approximate surface area is 178 Å². The fraction of sp³-hybridized carbons (Fsp3) is 0.125. The van der Waals surface area contributed by atoms with Gasteiger partial charge in [0.1, 0.15) is 13.1 Å². The maximum Gasteiger partial charge on any atom is 0.267 e. The number of hydrogen-bond donors (Lipinski definition) is 0. The first-order valence-corrected chi connectivity index (χ1v) is 12.1. The summed E-state index contributed by atoms with van der Waals surface area (Å²) in [5.74, 6) is -2.02. The van der Waals surface area contributed by atoms with Gasteiger partial charge in [-0.25, -0.2) is 25.4 Å². The van der Waals surface area contributed by atoms with Crippen molar-refractivity contribution in [2.45, 2.75) is 9.79 Å². The smallest absolute Gasteiger partial charge is 0.267 e. The molecule has 148 valence electrons. The molecule has 2 aromatic carbocycles. The van der Waals surface area contributed by atoms with Crippen LogP contribution < -0.4 is 0 Å². The standard InChI is InChI=1S/C16H12Br2N2O6S2/c17-11-1-5-13(6-2-11)27(23,24)19-9-16(22)20(10-15(19)21)28(25,26)14-7-3-12(18)4-8-14/h1-8H,9-10H2. The van der Waals surface area contributed by atoms with E-state index in [1.165, 1.54) is 48.5 Å². The molecule has 12 heteroatoms. The molecule has 0 aromatic heterocycles. The van der Waals surface area contributed by atoms with Gasteiger partial charge in [-0.3, -0.25) is 9.59 Å². The summed E-state index contributed by atoms with van der Waals surface area (Å²) in [5, 5.41) is 0. The van der Waals surface area contributed by atoms with Crippen molar-refractivity contribution >= 4 is 63.7 Å². The zero-order valence-electron chi connectivity index (χ0n) is 13.9. The SMILES string of the molecule is O=C1CN(S(=O)(=O)c2ccc(Br)cc2)C(=O)CN1S(=O)(=O)c1ccc(Br)cc1. The van der Waals surface area contributed by atoms with Crippen molar-refractivity contribution in [1.82, 2.24) is 8.61 Å². The van der Waals surface area contributed by atoms with Crippen molar-refractivity contribution in [3.8, 4) is 0 Å². The summed E-state index contributed by atoms with van der Waals surface area (Å²) in [4.78, 5) is 24.5. The van der Waals surface area contributed by atoms with Crippen LogP contribution in [0.1, 0.15) is 0 Å². The number of piperazine rings is 1. The lowest BCUT2D eigenvalue weighted by Crippen LogP contribution is -2.56. The summed E-state index contributed by atoms with van der Waals surface area (Å²) >= 11 is 6.36. The van der Waals surface area contributed by atoms with E-state index in [4.69, 9.17) is 0 Å². The van der Waals surface area contributed by atoms with Gasteiger partial charge in [-0.05, 0) is 48.5 Å². The maximum absolute atomic E-state index is 12.7. The van der Waals surface area contributed by atoms with E-state index in [-0.39, 0.29) is 9.79 Å². The third-order valence-electron chi connectivity index (χ3n) is 3.92. The molecule has 8 nitrogen and oxygen atoms in total. The Kier molecular flexibility index (Phi) is 5.67. The maximum atomic E-state index is 12.7. The normalized spacial score (nSPS) is 15.8. The number of amides is 2. The van der Waals surface area contributed by atoms with Crippen molar-refractivity contribution < 1.29 is 26.4 Å². The second kappa shape index (κ2) is 7.58. The number of sulfonamides is 2. The molecule has 2 aromatic rings. The van der Waals surface area contributed by atoms with Crippen LogP contribution in [0.2, 0.25) is 0 Å². The summed E-state index contributed by atoms with van der Waals surface area (Å²) in [6.45, 7) is -1.79. The number of benzene rings is 2. The van der Waals surface area contributed by atoms with Crippen molar-refractivity contribution in [2.24, 2.45) is 0 Å². The van der Waals surface area contributed by atoms with E-state index in [1.807, 2.05) is 0 Å². The van der Waals surface area contributed by atoms with Crippen LogP contribution in [0.5, 0.6) is 0 Å². The van der Waals surface area contributed by atoms with Crippen LogP contribution in [0.4, 0.5) is 0 Å². The summed E-state index contributed by atoms with van der Waals surface area (Å²) in [5.41, 5.74) is 0. The highest BCUT2D eigenvalue weighted by atomic mass is 79.9. The van der Waals surface area contributed by atoms with Gasteiger partial charge in [-0.2, -0.15) is 0 Å². The molecule has 0 saturated carbocycles. The molecule has 1 aliphatic rings. The molecule has 0 unspecified atom stereocenters. The second-order valence-corrected chi connectivity index (χ2v) is 11.3. The van der Waals surface area contributed by atoms with Crippen molar-refractivity contribution in [3.63, 3.8) is 0 Å². The minimum absolute atomic E-state index is 0.180. The zero-order chi connectivity index (χ0) is 20.7. The molecule has 28 heavy (non-hydrogen) atoms. The van der Waals surface area contributed by atoms with Gasteiger partial charge < -0.3 is 0 Å². The summed E-state index contributed by atoms with van der Waals surface area (Å²) < 4.78 is 52.8. The fourth-order valence-electron chi connectivity index (χ4n) is 2.49. The lowest BCUT2D eigenvalue weighted by molar-refractivity contribution is -0.141. The van der Waals surface area contributed by atoms with Gasteiger partial charge >= 0.3 is 0 Å². The summed E-state index contributed by atoms with van der Waals surface area (Å²) in [7, 11) is -8.57. The predicted molar refractivity (Wildman–Crippen MR) is 106 cm³/mol. The minimum atomic E-state index is -4.29. The third-order valence-corrected chi connectivity index (χ3v) is 8.54. The van der Waals surface area contributed by atoms with Crippen LogP contribution in [0.3, 0.4) is 0 Å². The topological polar surface area (TPSA) is 109 Å². The highest BCUT2D eigenvalue weighted by Gasteiger charge is 2.42. The molecule has 3 rings (SSSR count). The first-order chi connectivity index (χ1) is 13.0. The second-order valence-electron chi connectivity index (χ2n) is 5.72. The number of carbonyl (C=O) groups is 2. The number of halogens is 2. The minimum Gasteiger partial charge on any atom is -0.272 e. The Morgan fingerprint density at radius 3 is 1.18 bits per heavy atom. The van der Waals surface area contributed by atoms with E-state index < -0.39 is 45.0 Å². The molecule has 1 fully saturated rings. The highest BCUT2D eigenvalue weighted by Crippen LogP contribution is 2.25. The van der Waals surface area contributed by atoms with Crippen LogP contribution in [-0.4, -0.2) is 50.3 Å². The van der Waals surface area contributed by atoms with E-state index in [9.17, 15) is 26.4 Å². The van der Waals surface area contributed by atoms with Crippen molar-refractivity contribution in [1.29, 1.82) is 0 Å². The van der Waals surface area contributed by atoms with Gasteiger partial charge in [0.2, 0.25) is 0 Å². The lowest BCUT2D eigenvalue weighted by Gasteiger charge is -2.32.